The number of hydrogen-bond acceptors (Lipinski definition) is 6. The Morgan fingerprint density at radius 1 is 1.00 bits per heavy atom. The fraction of sp³-hybridized carbons (Fsp3) is 0.120. The summed E-state index contributed by atoms with van der Waals surface area (Å²) in [7, 11) is 0. The fourth-order valence-corrected chi connectivity index (χ4v) is 3.45. The molecule has 2 heterocycles. The standard InChI is InChI=1S/C25H19FN2O5/c26-20-8-4-3-7-19(20)23-14-28-25(33-23)18-6-2-1-5-17(18)24(29)27-11-12-30-16-9-10-21-22(13-16)32-15-31-21/h1-10,13-14H,11-12,15H2,(H,27,29). The van der Waals surface area contributed by atoms with Gasteiger partial charge < -0.3 is 23.9 Å². The third kappa shape index (κ3) is 4.36. The largest absolute Gasteiger partial charge is 0.492 e. The molecule has 0 saturated carbocycles. The molecule has 0 aliphatic carbocycles. The van der Waals surface area contributed by atoms with E-state index in [1.165, 1.54) is 12.3 Å². The van der Waals surface area contributed by atoms with Crippen LogP contribution in [0.2, 0.25) is 0 Å². The Hall–Kier alpha value is -4.33. The first-order valence-electron chi connectivity index (χ1n) is 10.3. The van der Waals surface area contributed by atoms with Crippen molar-refractivity contribution in [2.24, 2.45) is 0 Å². The number of oxazole rings is 1. The second kappa shape index (κ2) is 9.04. The molecule has 0 fully saturated rings. The monoisotopic (exact) mass is 446 g/mol. The van der Waals surface area contributed by atoms with Crippen LogP contribution in [-0.4, -0.2) is 30.8 Å². The predicted molar refractivity (Wildman–Crippen MR) is 118 cm³/mol. The maximum atomic E-state index is 14.1. The van der Waals surface area contributed by atoms with Crippen LogP contribution in [0.3, 0.4) is 0 Å². The van der Waals surface area contributed by atoms with Crippen LogP contribution in [0.4, 0.5) is 4.39 Å². The minimum Gasteiger partial charge on any atom is -0.492 e. The van der Waals surface area contributed by atoms with Crippen molar-refractivity contribution in [3.05, 3.63) is 84.3 Å². The van der Waals surface area contributed by atoms with Gasteiger partial charge in [-0.3, -0.25) is 4.79 Å². The van der Waals surface area contributed by atoms with E-state index in [0.29, 0.717) is 33.9 Å². The van der Waals surface area contributed by atoms with Gasteiger partial charge in [0.1, 0.15) is 18.2 Å². The minimum atomic E-state index is -0.409. The first-order valence-corrected chi connectivity index (χ1v) is 10.3. The smallest absolute Gasteiger partial charge is 0.252 e. The number of rotatable bonds is 7. The van der Waals surface area contributed by atoms with Crippen LogP contribution in [0.15, 0.2) is 77.3 Å². The molecule has 1 N–H and O–H groups in total. The number of amides is 1. The van der Waals surface area contributed by atoms with Crippen LogP contribution in [0, 0.1) is 5.82 Å². The maximum Gasteiger partial charge on any atom is 0.252 e. The summed E-state index contributed by atoms with van der Waals surface area (Å²) in [4.78, 5) is 17.1. The van der Waals surface area contributed by atoms with E-state index in [1.54, 1.807) is 60.7 Å². The van der Waals surface area contributed by atoms with Gasteiger partial charge in [0.2, 0.25) is 12.7 Å². The van der Waals surface area contributed by atoms with Crippen LogP contribution in [0.1, 0.15) is 10.4 Å². The van der Waals surface area contributed by atoms with Gasteiger partial charge in [-0.25, -0.2) is 9.37 Å². The average molecular weight is 446 g/mol. The molecule has 1 aliphatic heterocycles. The highest BCUT2D eigenvalue weighted by Crippen LogP contribution is 2.35. The predicted octanol–water partition coefficient (Wildman–Crippen LogP) is 4.69. The number of nitrogens with one attached hydrogen (secondary N) is 1. The second-order valence-electron chi connectivity index (χ2n) is 7.17. The lowest BCUT2D eigenvalue weighted by molar-refractivity contribution is 0.0947. The quantitative estimate of drug-likeness (QED) is 0.415. The molecule has 0 bridgehead atoms. The van der Waals surface area contributed by atoms with E-state index in [2.05, 4.69) is 10.3 Å². The van der Waals surface area contributed by atoms with Crippen molar-refractivity contribution in [3.8, 4) is 40.0 Å². The molecule has 4 aromatic rings. The Bertz CT molecular complexity index is 1300. The lowest BCUT2D eigenvalue weighted by atomic mass is 10.1. The topological polar surface area (TPSA) is 82.8 Å². The van der Waals surface area contributed by atoms with E-state index in [-0.39, 0.29) is 37.5 Å². The van der Waals surface area contributed by atoms with Gasteiger partial charge in [0.25, 0.3) is 5.91 Å². The summed E-state index contributed by atoms with van der Waals surface area (Å²) in [5, 5.41) is 2.83. The van der Waals surface area contributed by atoms with Crippen molar-refractivity contribution in [1.29, 1.82) is 0 Å². The van der Waals surface area contributed by atoms with Crippen LogP contribution < -0.4 is 19.5 Å². The Kier molecular flexibility index (Phi) is 5.63. The number of carbonyl (C=O) groups excluding carboxylic acids is 1. The zero-order valence-electron chi connectivity index (χ0n) is 17.4. The normalized spacial score (nSPS) is 11.9. The van der Waals surface area contributed by atoms with E-state index >= 15 is 0 Å². The molecule has 33 heavy (non-hydrogen) atoms. The average Bonchev–Trinajstić information content (AvgIpc) is 3.51. The third-order valence-electron chi connectivity index (χ3n) is 5.05. The SMILES string of the molecule is O=C(NCCOc1ccc2c(c1)OCO2)c1ccccc1-c1ncc(-c2ccccc2F)o1. The molecule has 0 radical (unpaired) electrons. The molecular weight excluding hydrogens is 427 g/mol. The highest BCUT2D eigenvalue weighted by atomic mass is 19.1. The van der Waals surface area contributed by atoms with Crippen molar-refractivity contribution in [1.82, 2.24) is 10.3 Å². The van der Waals surface area contributed by atoms with Gasteiger partial charge in [-0.2, -0.15) is 0 Å². The molecule has 7 nitrogen and oxygen atoms in total. The molecule has 1 aromatic heterocycles. The Balaban J connectivity index is 1.24. The van der Waals surface area contributed by atoms with Gasteiger partial charge in [0.05, 0.1) is 23.9 Å². The first kappa shape index (κ1) is 20.6. The molecule has 0 unspecified atom stereocenters. The molecule has 8 heteroatoms. The van der Waals surface area contributed by atoms with Gasteiger partial charge in [-0.1, -0.05) is 24.3 Å². The van der Waals surface area contributed by atoms with Crippen LogP contribution in [0.25, 0.3) is 22.8 Å². The highest BCUT2D eigenvalue weighted by molar-refractivity contribution is 6.00. The number of benzene rings is 3. The molecule has 0 spiro atoms. The number of fused-ring (bicyclic) bond motifs is 1. The summed E-state index contributed by atoms with van der Waals surface area (Å²) in [6, 6.07) is 18.5. The number of hydrogen-bond donors (Lipinski definition) is 1. The molecule has 0 saturated heterocycles. The number of ether oxygens (including phenoxy) is 3. The van der Waals surface area contributed by atoms with Crippen molar-refractivity contribution in [3.63, 3.8) is 0 Å². The van der Waals surface area contributed by atoms with Gasteiger partial charge >= 0.3 is 0 Å². The lowest BCUT2D eigenvalue weighted by Gasteiger charge is -2.10. The van der Waals surface area contributed by atoms with Crippen molar-refractivity contribution >= 4 is 5.91 Å². The highest BCUT2D eigenvalue weighted by Gasteiger charge is 2.18. The maximum absolute atomic E-state index is 14.1. The third-order valence-corrected chi connectivity index (χ3v) is 5.05. The molecule has 5 rings (SSSR count). The summed E-state index contributed by atoms with van der Waals surface area (Å²) in [5.41, 5.74) is 1.20. The summed E-state index contributed by atoms with van der Waals surface area (Å²) >= 11 is 0. The van der Waals surface area contributed by atoms with Gasteiger partial charge in [-0.05, 0) is 36.4 Å². The molecular formula is C25H19FN2O5. The first-order chi connectivity index (χ1) is 16.2. The van der Waals surface area contributed by atoms with Crippen LogP contribution in [0.5, 0.6) is 17.2 Å². The Morgan fingerprint density at radius 3 is 2.67 bits per heavy atom. The Labute approximate surface area is 188 Å². The van der Waals surface area contributed by atoms with E-state index in [4.69, 9.17) is 18.6 Å². The number of nitrogens with zero attached hydrogens (tertiary/aromatic N) is 1. The second-order valence-corrected chi connectivity index (χ2v) is 7.17. The summed E-state index contributed by atoms with van der Waals surface area (Å²) in [5.74, 6) is 1.74. The lowest BCUT2D eigenvalue weighted by Crippen LogP contribution is -2.28. The van der Waals surface area contributed by atoms with Crippen molar-refractivity contribution < 1.29 is 27.8 Å². The molecule has 166 valence electrons. The van der Waals surface area contributed by atoms with E-state index < -0.39 is 5.82 Å². The summed E-state index contributed by atoms with van der Waals surface area (Å²) < 4.78 is 36.1. The van der Waals surface area contributed by atoms with Crippen LogP contribution >= 0.6 is 0 Å². The number of aromatic nitrogens is 1. The zero-order valence-corrected chi connectivity index (χ0v) is 17.4. The van der Waals surface area contributed by atoms with Gasteiger partial charge in [-0.15, -0.1) is 0 Å². The number of halogens is 1. The molecule has 3 aromatic carbocycles. The molecule has 0 atom stereocenters. The van der Waals surface area contributed by atoms with Gasteiger partial charge in [0.15, 0.2) is 17.3 Å². The van der Waals surface area contributed by atoms with Crippen LogP contribution in [-0.2, 0) is 0 Å². The summed E-state index contributed by atoms with van der Waals surface area (Å²) in [6.07, 6.45) is 1.45. The Morgan fingerprint density at radius 2 is 1.79 bits per heavy atom. The van der Waals surface area contributed by atoms with Crippen molar-refractivity contribution in [2.75, 3.05) is 19.9 Å². The fourth-order valence-electron chi connectivity index (χ4n) is 3.45. The van der Waals surface area contributed by atoms with Gasteiger partial charge in [0, 0.05) is 11.6 Å². The van der Waals surface area contributed by atoms with E-state index in [0.717, 1.165) is 0 Å². The van der Waals surface area contributed by atoms with E-state index in [9.17, 15) is 9.18 Å². The molecule has 1 amide bonds. The zero-order chi connectivity index (χ0) is 22.6. The van der Waals surface area contributed by atoms with E-state index in [1.807, 2.05) is 0 Å². The minimum absolute atomic E-state index is 0.195. The van der Waals surface area contributed by atoms with Crippen molar-refractivity contribution in [2.45, 2.75) is 0 Å². The molecule has 1 aliphatic rings. The summed E-state index contributed by atoms with van der Waals surface area (Å²) in [6.45, 7) is 0.748. The number of carbonyl (C=O) groups is 1.